The first-order chi connectivity index (χ1) is 6.72. The Morgan fingerprint density at radius 1 is 1.57 bits per heavy atom. The molecular weight excluding hydrogens is 241 g/mol. The highest BCUT2D eigenvalue weighted by Gasteiger charge is 2.12. The normalized spacial score (nSPS) is 10.8. The van der Waals surface area contributed by atoms with Crippen molar-refractivity contribution in [1.82, 2.24) is 14.8 Å². The van der Waals surface area contributed by atoms with E-state index in [2.05, 4.69) is 10.1 Å². The van der Waals surface area contributed by atoms with Gasteiger partial charge in [-0.3, -0.25) is 4.68 Å². The predicted octanol–water partition coefficient (Wildman–Crippen LogP) is 2.94. The Kier molecular flexibility index (Phi) is 2.76. The largest absolute Gasteiger partial charge is 0.264 e. The van der Waals surface area contributed by atoms with E-state index in [1.54, 1.807) is 10.9 Å². The maximum absolute atomic E-state index is 5.98. The fraction of sp³-hybridized carbons (Fsp3) is 0.250. The number of aromatic nitrogens is 3. The molecule has 3 nitrogen and oxygen atoms in total. The van der Waals surface area contributed by atoms with Crippen molar-refractivity contribution < 1.29 is 0 Å². The Bertz CT molecular complexity index is 430. The second-order valence-corrected chi connectivity index (χ2v) is 4.27. The zero-order chi connectivity index (χ0) is 10.1. The van der Waals surface area contributed by atoms with Crippen LogP contribution in [0.2, 0.25) is 5.02 Å². The van der Waals surface area contributed by atoms with Gasteiger partial charge in [0.2, 0.25) is 0 Å². The van der Waals surface area contributed by atoms with E-state index in [0.717, 1.165) is 16.4 Å². The molecule has 0 amide bonds. The summed E-state index contributed by atoms with van der Waals surface area (Å²) in [5.41, 5.74) is 1.71. The molecule has 0 aliphatic carbocycles. The van der Waals surface area contributed by atoms with Crippen LogP contribution >= 0.6 is 34.5 Å². The molecule has 0 aliphatic rings. The molecule has 0 spiro atoms. The van der Waals surface area contributed by atoms with Crippen molar-refractivity contribution in [2.24, 2.45) is 7.05 Å². The van der Waals surface area contributed by atoms with Crippen LogP contribution in [0.15, 0.2) is 11.6 Å². The van der Waals surface area contributed by atoms with E-state index in [9.17, 15) is 0 Å². The number of halogens is 2. The van der Waals surface area contributed by atoms with Crippen molar-refractivity contribution in [2.45, 2.75) is 5.88 Å². The molecule has 0 N–H and O–H groups in total. The summed E-state index contributed by atoms with van der Waals surface area (Å²) in [6.07, 6.45) is 1.61. The van der Waals surface area contributed by atoms with Crippen LogP contribution in [-0.4, -0.2) is 14.8 Å². The number of alkyl halides is 1. The smallest absolute Gasteiger partial charge is 0.143 e. The SMILES string of the molecule is Cn1ncc(Cl)c1-c1nc(CCl)cs1. The molecule has 0 unspecified atom stereocenters. The Morgan fingerprint density at radius 2 is 2.36 bits per heavy atom. The highest BCUT2D eigenvalue weighted by molar-refractivity contribution is 7.13. The molecule has 2 aromatic heterocycles. The van der Waals surface area contributed by atoms with E-state index in [4.69, 9.17) is 23.2 Å². The van der Waals surface area contributed by atoms with E-state index in [0.29, 0.717) is 10.9 Å². The first-order valence-corrected chi connectivity index (χ1v) is 5.70. The van der Waals surface area contributed by atoms with E-state index >= 15 is 0 Å². The summed E-state index contributed by atoms with van der Waals surface area (Å²) in [6.45, 7) is 0. The quantitative estimate of drug-likeness (QED) is 0.765. The highest BCUT2D eigenvalue weighted by Crippen LogP contribution is 2.29. The molecule has 0 aromatic carbocycles. The molecule has 0 aliphatic heterocycles. The fourth-order valence-corrected chi connectivity index (χ4v) is 2.58. The minimum Gasteiger partial charge on any atom is -0.264 e. The molecule has 2 aromatic rings. The lowest BCUT2D eigenvalue weighted by atomic mass is 10.4. The number of rotatable bonds is 2. The van der Waals surface area contributed by atoms with Crippen LogP contribution in [0.5, 0.6) is 0 Å². The summed E-state index contributed by atoms with van der Waals surface area (Å²) < 4.78 is 1.71. The molecule has 0 fully saturated rings. The summed E-state index contributed by atoms with van der Waals surface area (Å²) in [5, 5.41) is 7.43. The van der Waals surface area contributed by atoms with Crippen LogP contribution in [0.3, 0.4) is 0 Å². The Hall–Kier alpha value is -0.580. The van der Waals surface area contributed by atoms with Gasteiger partial charge in [-0.25, -0.2) is 4.98 Å². The Labute approximate surface area is 95.3 Å². The molecular formula is C8H7Cl2N3S. The summed E-state index contributed by atoms with van der Waals surface area (Å²) in [5.74, 6) is 0.423. The summed E-state index contributed by atoms with van der Waals surface area (Å²) in [6, 6.07) is 0. The summed E-state index contributed by atoms with van der Waals surface area (Å²) >= 11 is 13.2. The summed E-state index contributed by atoms with van der Waals surface area (Å²) in [7, 11) is 1.84. The number of hydrogen-bond donors (Lipinski definition) is 0. The first-order valence-electron chi connectivity index (χ1n) is 3.90. The van der Waals surface area contributed by atoms with Crippen LogP contribution in [0.1, 0.15) is 5.69 Å². The van der Waals surface area contributed by atoms with Gasteiger partial charge in [-0.05, 0) is 0 Å². The van der Waals surface area contributed by atoms with Crippen molar-refractivity contribution in [2.75, 3.05) is 0 Å². The predicted molar refractivity (Wildman–Crippen MR) is 58.9 cm³/mol. The van der Waals surface area contributed by atoms with Crippen molar-refractivity contribution in [3.8, 4) is 10.7 Å². The van der Waals surface area contributed by atoms with Gasteiger partial charge in [0.25, 0.3) is 0 Å². The molecule has 0 saturated heterocycles. The lowest BCUT2D eigenvalue weighted by molar-refractivity contribution is 0.775. The maximum atomic E-state index is 5.98. The van der Waals surface area contributed by atoms with E-state index < -0.39 is 0 Å². The molecule has 6 heteroatoms. The van der Waals surface area contributed by atoms with Crippen LogP contribution in [0, 0.1) is 0 Å². The molecule has 2 rings (SSSR count). The molecule has 0 radical (unpaired) electrons. The third kappa shape index (κ3) is 1.65. The molecule has 74 valence electrons. The van der Waals surface area contributed by atoms with Crippen molar-refractivity contribution in [1.29, 1.82) is 0 Å². The standard InChI is InChI=1S/C8H7Cl2N3S/c1-13-7(6(10)3-11-13)8-12-5(2-9)4-14-8/h3-4H,2H2,1H3. The third-order valence-electron chi connectivity index (χ3n) is 1.79. The van der Waals surface area contributed by atoms with Gasteiger partial charge < -0.3 is 0 Å². The van der Waals surface area contributed by atoms with Gasteiger partial charge in [0.05, 0.1) is 22.8 Å². The highest BCUT2D eigenvalue weighted by atomic mass is 35.5. The average molecular weight is 248 g/mol. The van der Waals surface area contributed by atoms with Gasteiger partial charge in [-0.1, -0.05) is 11.6 Å². The van der Waals surface area contributed by atoms with Crippen LogP contribution in [0.25, 0.3) is 10.7 Å². The minimum atomic E-state index is 0.423. The van der Waals surface area contributed by atoms with E-state index in [1.807, 2.05) is 12.4 Å². The fourth-order valence-electron chi connectivity index (χ4n) is 1.13. The zero-order valence-corrected chi connectivity index (χ0v) is 9.70. The van der Waals surface area contributed by atoms with Gasteiger partial charge in [-0.15, -0.1) is 22.9 Å². The van der Waals surface area contributed by atoms with Gasteiger partial charge in [0, 0.05) is 12.4 Å². The van der Waals surface area contributed by atoms with Crippen molar-refractivity contribution in [3.05, 3.63) is 22.3 Å². The second kappa shape index (κ2) is 3.88. The molecule has 2 heterocycles. The lowest BCUT2D eigenvalue weighted by Gasteiger charge is -1.96. The first kappa shape index (κ1) is 9.96. The van der Waals surface area contributed by atoms with Crippen LogP contribution < -0.4 is 0 Å². The van der Waals surface area contributed by atoms with Gasteiger partial charge in [-0.2, -0.15) is 5.10 Å². The number of aryl methyl sites for hydroxylation is 1. The molecule has 0 atom stereocenters. The Balaban J connectivity index is 2.48. The number of hydrogen-bond acceptors (Lipinski definition) is 3. The van der Waals surface area contributed by atoms with Crippen LogP contribution in [-0.2, 0) is 12.9 Å². The maximum Gasteiger partial charge on any atom is 0.143 e. The van der Waals surface area contributed by atoms with E-state index in [1.165, 1.54) is 11.3 Å². The minimum absolute atomic E-state index is 0.423. The molecule has 14 heavy (non-hydrogen) atoms. The van der Waals surface area contributed by atoms with Gasteiger partial charge >= 0.3 is 0 Å². The Morgan fingerprint density at radius 3 is 2.86 bits per heavy atom. The van der Waals surface area contributed by atoms with Crippen LogP contribution in [0.4, 0.5) is 0 Å². The topological polar surface area (TPSA) is 30.7 Å². The zero-order valence-electron chi connectivity index (χ0n) is 7.37. The second-order valence-electron chi connectivity index (χ2n) is 2.74. The molecule has 0 saturated carbocycles. The van der Waals surface area contributed by atoms with Gasteiger partial charge in [0.15, 0.2) is 0 Å². The van der Waals surface area contributed by atoms with Gasteiger partial charge in [0.1, 0.15) is 10.7 Å². The molecule has 0 bridgehead atoms. The number of thiazole rings is 1. The average Bonchev–Trinajstić information content (AvgIpc) is 2.73. The van der Waals surface area contributed by atoms with E-state index in [-0.39, 0.29) is 0 Å². The third-order valence-corrected chi connectivity index (χ3v) is 3.23. The monoisotopic (exact) mass is 247 g/mol. The summed E-state index contributed by atoms with van der Waals surface area (Å²) in [4.78, 5) is 4.33. The lowest BCUT2D eigenvalue weighted by Crippen LogP contribution is -1.93. The van der Waals surface area contributed by atoms with Crippen molar-refractivity contribution in [3.63, 3.8) is 0 Å². The van der Waals surface area contributed by atoms with Crippen molar-refractivity contribution >= 4 is 34.5 Å². The number of nitrogens with zero attached hydrogens (tertiary/aromatic N) is 3.